The number of carbonyl (C=O) groups excluding carboxylic acids is 1. The average molecular weight is 255 g/mol. The Hall–Kier alpha value is -2.38. The SMILES string of the molecule is Cn1ncc(C(=O)O)c1NC(=O)CCCC(=O)O. The highest BCUT2D eigenvalue weighted by molar-refractivity contribution is 5.99. The summed E-state index contributed by atoms with van der Waals surface area (Å²) >= 11 is 0. The second-order valence-electron chi connectivity index (χ2n) is 3.63. The lowest BCUT2D eigenvalue weighted by Crippen LogP contribution is -2.16. The minimum atomic E-state index is -1.19. The fourth-order valence-corrected chi connectivity index (χ4v) is 1.34. The van der Waals surface area contributed by atoms with Crippen LogP contribution in [0, 0.1) is 0 Å². The van der Waals surface area contributed by atoms with Crippen molar-refractivity contribution in [2.75, 3.05) is 5.32 Å². The second-order valence-corrected chi connectivity index (χ2v) is 3.63. The first-order valence-electron chi connectivity index (χ1n) is 5.18. The molecule has 1 amide bonds. The van der Waals surface area contributed by atoms with E-state index in [1.54, 1.807) is 0 Å². The number of hydrogen-bond donors (Lipinski definition) is 3. The molecule has 0 aliphatic rings. The van der Waals surface area contributed by atoms with Gasteiger partial charge in [-0.05, 0) is 6.42 Å². The Morgan fingerprint density at radius 3 is 2.56 bits per heavy atom. The smallest absolute Gasteiger partial charge is 0.341 e. The zero-order chi connectivity index (χ0) is 13.7. The number of anilines is 1. The van der Waals surface area contributed by atoms with Crippen molar-refractivity contribution in [3.63, 3.8) is 0 Å². The Kier molecular flexibility index (Phi) is 4.41. The van der Waals surface area contributed by atoms with E-state index in [1.165, 1.54) is 11.7 Å². The number of aryl methyl sites for hydroxylation is 1. The molecule has 8 nitrogen and oxygen atoms in total. The van der Waals surface area contributed by atoms with Crippen LogP contribution in [0.5, 0.6) is 0 Å². The summed E-state index contributed by atoms with van der Waals surface area (Å²) in [6.07, 6.45) is 1.23. The quantitative estimate of drug-likeness (QED) is 0.672. The van der Waals surface area contributed by atoms with Crippen LogP contribution in [-0.4, -0.2) is 37.8 Å². The van der Waals surface area contributed by atoms with Gasteiger partial charge >= 0.3 is 11.9 Å². The molecule has 1 aromatic heterocycles. The van der Waals surface area contributed by atoms with Crippen LogP contribution in [-0.2, 0) is 16.6 Å². The van der Waals surface area contributed by atoms with Crippen LogP contribution in [0.4, 0.5) is 5.82 Å². The molecule has 0 saturated carbocycles. The minimum absolute atomic E-state index is 0.0105. The Morgan fingerprint density at radius 2 is 2.00 bits per heavy atom. The Balaban J connectivity index is 2.61. The fourth-order valence-electron chi connectivity index (χ4n) is 1.34. The summed E-state index contributed by atoms with van der Waals surface area (Å²) in [6.45, 7) is 0. The number of hydrogen-bond acceptors (Lipinski definition) is 4. The number of rotatable bonds is 6. The van der Waals surface area contributed by atoms with Crippen LogP contribution < -0.4 is 5.32 Å². The summed E-state index contributed by atoms with van der Waals surface area (Å²) in [5, 5.41) is 23.4. The molecule has 0 saturated heterocycles. The Bertz CT molecular complexity index is 480. The Morgan fingerprint density at radius 1 is 1.33 bits per heavy atom. The molecule has 0 aliphatic carbocycles. The van der Waals surface area contributed by atoms with E-state index in [-0.39, 0.29) is 30.6 Å². The van der Waals surface area contributed by atoms with Gasteiger partial charge in [-0.2, -0.15) is 5.10 Å². The van der Waals surface area contributed by atoms with Gasteiger partial charge in [-0.15, -0.1) is 0 Å². The number of carbonyl (C=O) groups is 3. The molecule has 0 fully saturated rings. The molecular weight excluding hydrogens is 242 g/mol. The summed E-state index contributed by atoms with van der Waals surface area (Å²) in [6, 6.07) is 0. The maximum atomic E-state index is 11.5. The normalized spacial score (nSPS) is 10.1. The fraction of sp³-hybridized carbons (Fsp3) is 0.400. The number of aromatic nitrogens is 2. The monoisotopic (exact) mass is 255 g/mol. The predicted molar refractivity (Wildman–Crippen MR) is 60.3 cm³/mol. The van der Waals surface area contributed by atoms with E-state index in [1.807, 2.05) is 0 Å². The molecule has 0 aromatic carbocycles. The highest BCUT2D eigenvalue weighted by Gasteiger charge is 2.17. The number of carboxylic acid groups (broad SMARTS) is 2. The Labute approximate surface area is 102 Å². The number of aromatic carboxylic acids is 1. The van der Waals surface area contributed by atoms with Crippen LogP contribution in [0.15, 0.2) is 6.20 Å². The second kappa shape index (κ2) is 5.80. The number of nitrogens with one attached hydrogen (secondary N) is 1. The van der Waals surface area contributed by atoms with Crippen LogP contribution in [0.1, 0.15) is 29.6 Å². The summed E-state index contributed by atoms with van der Waals surface area (Å²) in [7, 11) is 1.50. The number of aliphatic carboxylic acids is 1. The van der Waals surface area contributed by atoms with Gasteiger partial charge in [0, 0.05) is 19.9 Å². The van der Waals surface area contributed by atoms with Gasteiger partial charge in [0.2, 0.25) is 5.91 Å². The molecule has 0 atom stereocenters. The van der Waals surface area contributed by atoms with Crippen molar-refractivity contribution in [3.8, 4) is 0 Å². The van der Waals surface area contributed by atoms with Gasteiger partial charge in [-0.3, -0.25) is 14.3 Å². The molecule has 0 aliphatic heterocycles. The summed E-state index contributed by atoms with van der Waals surface area (Å²) in [5.41, 5.74) is -0.107. The standard InChI is InChI=1S/C10H13N3O5/c1-13-9(6(5-11-13)10(17)18)12-7(14)3-2-4-8(15)16/h5H,2-4H2,1H3,(H,12,14)(H,15,16)(H,17,18). The van der Waals surface area contributed by atoms with Crippen molar-refractivity contribution in [1.29, 1.82) is 0 Å². The van der Waals surface area contributed by atoms with Crippen LogP contribution in [0.25, 0.3) is 0 Å². The van der Waals surface area contributed by atoms with Gasteiger partial charge < -0.3 is 15.5 Å². The summed E-state index contributed by atoms with van der Waals surface area (Å²) in [5.74, 6) is -2.52. The molecule has 98 valence electrons. The van der Waals surface area contributed by atoms with Crippen molar-refractivity contribution in [1.82, 2.24) is 9.78 Å². The summed E-state index contributed by atoms with van der Waals surface area (Å²) < 4.78 is 1.23. The van der Waals surface area contributed by atoms with Crippen LogP contribution >= 0.6 is 0 Å². The van der Waals surface area contributed by atoms with Gasteiger partial charge in [-0.25, -0.2) is 4.79 Å². The van der Waals surface area contributed by atoms with E-state index in [4.69, 9.17) is 10.2 Å². The molecule has 0 spiro atoms. The third-order valence-corrected chi connectivity index (χ3v) is 2.22. The van der Waals surface area contributed by atoms with Gasteiger partial charge in [0.25, 0.3) is 0 Å². The van der Waals surface area contributed by atoms with Crippen molar-refractivity contribution >= 4 is 23.7 Å². The van der Waals surface area contributed by atoms with E-state index in [0.29, 0.717) is 0 Å². The van der Waals surface area contributed by atoms with Gasteiger partial charge in [0.1, 0.15) is 11.4 Å². The van der Waals surface area contributed by atoms with Crippen molar-refractivity contribution < 1.29 is 24.6 Å². The maximum absolute atomic E-state index is 11.5. The topological polar surface area (TPSA) is 122 Å². The molecule has 0 bridgehead atoms. The number of carboxylic acids is 2. The molecule has 8 heteroatoms. The van der Waals surface area contributed by atoms with Gasteiger partial charge in [0.15, 0.2) is 0 Å². The highest BCUT2D eigenvalue weighted by Crippen LogP contribution is 2.14. The number of nitrogens with zero attached hydrogens (tertiary/aromatic N) is 2. The van der Waals surface area contributed by atoms with E-state index < -0.39 is 17.8 Å². The van der Waals surface area contributed by atoms with Crippen LogP contribution in [0.3, 0.4) is 0 Å². The lowest BCUT2D eigenvalue weighted by molar-refractivity contribution is -0.137. The summed E-state index contributed by atoms with van der Waals surface area (Å²) in [4.78, 5) is 32.6. The van der Waals surface area contributed by atoms with E-state index in [0.717, 1.165) is 6.20 Å². The first kappa shape index (κ1) is 13.7. The molecule has 0 radical (unpaired) electrons. The third kappa shape index (κ3) is 3.58. The zero-order valence-corrected chi connectivity index (χ0v) is 9.71. The maximum Gasteiger partial charge on any atom is 0.341 e. The molecule has 1 heterocycles. The van der Waals surface area contributed by atoms with Crippen molar-refractivity contribution in [2.24, 2.45) is 7.05 Å². The van der Waals surface area contributed by atoms with E-state index >= 15 is 0 Å². The highest BCUT2D eigenvalue weighted by atomic mass is 16.4. The molecule has 1 rings (SSSR count). The number of amides is 1. The van der Waals surface area contributed by atoms with Gasteiger partial charge in [-0.1, -0.05) is 0 Å². The third-order valence-electron chi connectivity index (χ3n) is 2.22. The van der Waals surface area contributed by atoms with Crippen molar-refractivity contribution in [3.05, 3.63) is 11.8 Å². The zero-order valence-electron chi connectivity index (χ0n) is 9.71. The van der Waals surface area contributed by atoms with Crippen molar-refractivity contribution in [2.45, 2.75) is 19.3 Å². The van der Waals surface area contributed by atoms with Gasteiger partial charge in [0.05, 0.1) is 6.20 Å². The molecule has 1 aromatic rings. The molecule has 18 heavy (non-hydrogen) atoms. The molecule has 3 N–H and O–H groups in total. The van der Waals surface area contributed by atoms with Crippen LogP contribution in [0.2, 0.25) is 0 Å². The predicted octanol–water partition coefficient (Wildman–Crippen LogP) is 0.312. The minimum Gasteiger partial charge on any atom is -0.481 e. The van der Waals surface area contributed by atoms with E-state index in [2.05, 4.69) is 10.4 Å². The lowest BCUT2D eigenvalue weighted by atomic mass is 10.2. The largest absolute Gasteiger partial charge is 0.481 e. The molecular formula is C10H13N3O5. The lowest BCUT2D eigenvalue weighted by Gasteiger charge is -2.06. The molecule has 0 unspecified atom stereocenters. The van der Waals surface area contributed by atoms with E-state index in [9.17, 15) is 14.4 Å². The first-order valence-corrected chi connectivity index (χ1v) is 5.18. The average Bonchev–Trinajstić information content (AvgIpc) is 2.60. The first-order chi connectivity index (χ1) is 8.41.